The molecule has 0 spiro atoms. The van der Waals surface area contributed by atoms with Crippen molar-refractivity contribution in [2.24, 2.45) is 0 Å². The van der Waals surface area contributed by atoms with Crippen LogP contribution in [-0.4, -0.2) is 17.5 Å². The Hall–Kier alpha value is 0.440. The van der Waals surface area contributed by atoms with Crippen LogP contribution in [0, 0.1) is 0 Å². The molecule has 1 aliphatic rings. The predicted octanol–water partition coefficient (Wildman–Crippen LogP) is 3.12. The van der Waals surface area contributed by atoms with E-state index in [1.165, 1.54) is 32.1 Å². The summed E-state index contributed by atoms with van der Waals surface area (Å²) < 4.78 is 5.74. The lowest BCUT2D eigenvalue weighted by Crippen LogP contribution is -2.29. The van der Waals surface area contributed by atoms with E-state index in [0.29, 0.717) is 0 Å². The van der Waals surface area contributed by atoms with Gasteiger partial charge in [0.15, 0.2) is 0 Å². The topological polar surface area (TPSA) is 9.23 Å². The van der Waals surface area contributed by atoms with E-state index in [0.717, 1.165) is 11.9 Å². The fraction of sp³-hybridized carbons (Fsp3) is 1.00. The van der Waals surface area contributed by atoms with E-state index in [-0.39, 0.29) is 5.60 Å². The molecule has 1 heterocycles. The number of hydrogen-bond donors (Lipinski definition) is 0. The molecular weight excluding hydrogens is 204 g/mol. The van der Waals surface area contributed by atoms with E-state index in [1.807, 2.05) is 0 Å². The second-order valence-electron chi connectivity index (χ2n) is 3.37. The summed E-state index contributed by atoms with van der Waals surface area (Å²) in [5.74, 6) is 0. The van der Waals surface area contributed by atoms with Crippen LogP contribution in [0.15, 0.2) is 0 Å². The average molecular weight is 221 g/mol. The fourth-order valence-electron chi connectivity index (χ4n) is 1.62. The summed E-state index contributed by atoms with van der Waals surface area (Å²) in [5.41, 5.74) is 0.204. The highest BCUT2D eigenvalue weighted by molar-refractivity contribution is 9.09. The second-order valence-corrected chi connectivity index (χ2v) is 3.93. The van der Waals surface area contributed by atoms with Crippen LogP contribution in [0.1, 0.15) is 39.0 Å². The zero-order chi connectivity index (χ0) is 8.16. The standard InChI is InChI=1S/C9H17BrO/c1-2-3-5-9(8-10)6-4-7-11-9/h2-8H2,1H3. The van der Waals surface area contributed by atoms with Gasteiger partial charge in [0, 0.05) is 11.9 Å². The highest BCUT2D eigenvalue weighted by atomic mass is 79.9. The summed E-state index contributed by atoms with van der Waals surface area (Å²) in [7, 11) is 0. The molecule has 0 N–H and O–H groups in total. The third-order valence-corrected chi connectivity index (χ3v) is 3.44. The summed E-state index contributed by atoms with van der Waals surface area (Å²) in [6.45, 7) is 3.20. The summed E-state index contributed by atoms with van der Waals surface area (Å²) in [6.07, 6.45) is 6.30. The molecule has 1 atom stereocenters. The van der Waals surface area contributed by atoms with Crippen molar-refractivity contribution in [3.05, 3.63) is 0 Å². The first-order chi connectivity index (χ1) is 5.33. The maximum atomic E-state index is 5.74. The Labute approximate surface area is 77.6 Å². The normalized spacial score (nSPS) is 31.1. The zero-order valence-corrected chi connectivity index (χ0v) is 8.82. The van der Waals surface area contributed by atoms with E-state index >= 15 is 0 Å². The van der Waals surface area contributed by atoms with Gasteiger partial charge in [-0.05, 0) is 19.3 Å². The Morgan fingerprint density at radius 3 is 2.82 bits per heavy atom. The number of rotatable bonds is 4. The zero-order valence-electron chi connectivity index (χ0n) is 7.24. The Bertz CT molecular complexity index is 108. The molecular formula is C9H17BrO. The SMILES string of the molecule is CCCCC1(CBr)CCCO1. The predicted molar refractivity (Wildman–Crippen MR) is 51.2 cm³/mol. The van der Waals surface area contributed by atoms with Crippen molar-refractivity contribution in [2.45, 2.75) is 44.6 Å². The molecule has 66 valence electrons. The van der Waals surface area contributed by atoms with Gasteiger partial charge >= 0.3 is 0 Å². The van der Waals surface area contributed by atoms with Crippen LogP contribution in [0.25, 0.3) is 0 Å². The molecule has 1 rings (SSSR count). The van der Waals surface area contributed by atoms with Crippen LogP contribution in [0.2, 0.25) is 0 Å². The molecule has 1 aliphatic heterocycles. The van der Waals surface area contributed by atoms with Crippen molar-refractivity contribution in [2.75, 3.05) is 11.9 Å². The van der Waals surface area contributed by atoms with Gasteiger partial charge < -0.3 is 4.74 Å². The average Bonchev–Trinajstić information content (AvgIpc) is 2.50. The van der Waals surface area contributed by atoms with Crippen LogP contribution in [0.5, 0.6) is 0 Å². The van der Waals surface area contributed by atoms with Crippen LogP contribution < -0.4 is 0 Å². The molecule has 0 aromatic carbocycles. The third kappa shape index (κ3) is 2.45. The Balaban J connectivity index is 2.33. The molecule has 1 nitrogen and oxygen atoms in total. The second kappa shape index (κ2) is 4.46. The van der Waals surface area contributed by atoms with Crippen LogP contribution >= 0.6 is 15.9 Å². The van der Waals surface area contributed by atoms with Gasteiger partial charge in [-0.2, -0.15) is 0 Å². The largest absolute Gasteiger partial charge is 0.374 e. The minimum absolute atomic E-state index is 0.204. The van der Waals surface area contributed by atoms with Crippen molar-refractivity contribution < 1.29 is 4.74 Å². The van der Waals surface area contributed by atoms with E-state index in [9.17, 15) is 0 Å². The maximum Gasteiger partial charge on any atom is 0.0779 e. The lowest BCUT2D eigenvalue weighted by atomic mass is 9.96. The highest BCUT2D eigenvalue weighted by Gasteiger charge is 2.32. The van der Waals surface area contributed by atoms with Gasteiger partial charge in [-0.25, -0.2) is 0 Å². The Morgan fingerprint density at radius 1 is 1.55 bits per heavy atom. The maximum absolute atomic E-state index is 5.74. The molecule has 1 saturated heterocycles. The number of halogens is 1. The van der Waals surface area contributed by atoms with Crippen LogP contribution in [0.3, 0.4) is 0 Å². The first-order valence-corrected chi connectivity index (χ1v) is 5.65. The quantitative estimate of drug-likeness (QED) is 0.662. The van der Waals surface area contributed by atoms with Crippen molar-refractivity contribution in [3.8, 4) is 0 Å². The monoisotopic (exact) mass is 220 g/mol. The molecule has 0 aliphatic carbocycles. The van der Waals surface area contributed by atoms with Crippen LogP contribution in [-0.2, 0) is 4.74 Å². The molecule has 1 unspecified atom stereocenters. The summed E-state index contributed by atoms with van der Waals surface area (Å²) in [6, 6.07) is 0. The number of ether oxygens (including phenoxy) is 1. The van der Waals surface area contributed by atoms with Crippen molar-refractivity contribution in [1.29, 1.82) is 0 Å². The summed E-state index contributed by atoms with van der Waals surface area (Å²) in [4.78, 5) is 0. The molecule has 0 radical (unpaired) electrons. The smallest absolute Gasteiger partial charge is 0.0779 e. The molecule has 0 aromatic heterocycles. The summed E-state index contributed by atoms with van der Waals surface area (Å²) in [5, 5.41) is 1.01. The van der Waals surface area contributed by atoms with Crippen LogP contribution in [0.4, 0.5) is 0 Å². The van der Waals surface area contributed by atoms with Crippen molar-refractivity contribution in [3.63, 3.8) is 0 Å². The number of alkyl halides is 1. The van der Waals surface area contributed by atoms with Gasteiger partial charge in [-0.3, -0.25) is 0 Å². The third-order valence-electron chi connectivity index (χ3n) is 2.41. The summed E-state index contributed by atoms with van der Waals surface area (Å²) >= 11 is 3.54. The molecule has 1 fully saturated rings. The molecule has 11 heavy (non-hydrogen) atoms. The molecule has 0 saturated carbocycles. The van der Waals surface area contributed by atoms with E-state index in [1.54, 1.807) is 0 Å². The van der Waals surface area contributed by atoms with Gasteiger partial charge in [0.1, 0.15) is 0 Å². The van der Waals surface area contributed by atoms with Crippen molar-refractivity contribution >= 4 is 15.9 Å². The van der Waals surface area contributed by atoms with E-state index in [4.69, 9.17) is 4.74 Å². The highest BCUT2D eigenvalue weighted by Crippen LogP contribution is 2.32. The Kier molecular flexibility index (Phi) is 3.86. The van der Waals surface area contributed by atoms with Crippen molar-refractivity contribution in [1.82, 2.24) is 0 Å². The minimum Gasteiger partial charge on any atom is -0.374 e. The molecule has 0 bridgehead atoms. The van der Waals surface area contributed by atoms with Gasteiger partial charge in [0.2, 0.25) is 0 Å². The van der Waals surface area contributed by atoms with Gasteiger partial charge in [-0.15, -0.1) is 0 Å². The van der Waals surface area contributed by atoms with Gasteiger partial charge in [-0.1, -0.05) is 35.7 Å². The molecule has 0 aromatic rings. The molecule has 2 heteroatoms. The lowest BCUT2D eigenvalue weighted by Gasteiger charge is -2.25. The van der Waals surface area contributed by atoms with Gasteiger partial charge in [0.05, 0.1) is 5.60 Å². The number of hydrogen-bond acceptors (Lipinski definition) is 1. The first kappa shape index (κ1) is 9.53. The minimum atomic E-state index is 0.204. The fourth-order valence-corrected chi connectivity index (χ4v) is 2.35. The lowest BCUT2D eigenvalue weighted by molar-refractivity contribution is 0.0168. The van der Waals surface area contributed by atoms with E-state index < -0.39 is 0 Å². The number of unbranched alkanes of at least 4 members (excludes halogenated alkanes) is 1. The molecule has 0 amide bonds. The first-order valence-electron chi connectivity index (χ1n) is 4.53. The van der Waals surface area contributed by atoms with E-state index in [2.05, 4.69) is 22.9 Å². The van der Waals surface area contributed by atoms with Gasteiger partial charge in [0.25, 0.3) is 0 Å². The Morgan fingerprint density at radius 2 is 2.36 bits per heavy atom.